The van der Waals surface area contributed by atoms with Gasteiger partial charge in [0.25, 0.3) is 0 Å². The largest absolute Gasteiger partial charge is 0.416 e. The monoisotopic (exact) mass is 598 g/mol. The van der Waals surface area contributed by atoms with Crippen molar-refractivity contribution in [3.8, 4) is 11.1 Å². The lowest BCUT2D eigenvalue weighted by Crippen LogP contribution is -2.10. The zero-order chi connectivity index (χ0) is 31.1. The van der Waals surface area contributed by atoms with E-state index >= 15 is 0 Å². The van der Waals surface area contributed by atoms with Gasteiger partial charge in [-0.1, -0.05) is 61.5 Å². The van der Waals surface area contributed by atoms with Crippen molar-refractivity contribution >= 4 is 48.7 Å². The molecule has 44 heavy (non-hydrogen) atoms. The quantitative estimate of drug-likeness (QED) is 0.186. The van der Waals surface area contributed by atoms with E-state index < -0.39 is 29.4 Å². The summed E-state index contributed by atoms with van der Waals surface area (Å²) in [7, 11) is 0. The number of allylic oxidation sites excluding steroid dienone is 6. The van der Waals surface area contributed by atoms with Crippen molar-refractivity contribution in [3.63, 3.8) is 0 Å². The Balaban J connectivity index is 1.33. The highest BCUT2D eigenvalue weighted by Crippen LogP contribution is 2.37. The van der Waals surface area contributed by atoms with Crippen molar-refractivity contribution in [2.24, 2.45) is 5.92 Å². The molecule has 218 valence electrons. The second-order valence-corrected chi connectivity index (χ2v) is 11.1. The normalized spacial score (nSPS) is 16.2. The minimum atomic E-state index is -4.47. The Morgan fingerprint density at radius 2 is 1.00 bits per heavy atom. The molecule has 8 heteroatoms. The lowest BCUT2D eigenvalue weighted by molar-refractivity contribution is -0.137. The van der Waals surface area contributed by atoms with Gasteiger partial charge in [-0.3, -0.25) is 9.59 Å². The minimum absolute atomic E-state index is 0.248. The molecule has 0 aromatic heterocycles. The van der Waals surface area contributed by atoms with Crippen LogP contribution in [0.3, 0.4) is 0 Å². The summed E-state index contributed by atoms with van der Waals surface area (Å²) in [5.41, 5.74) is 0.305. The van der Waals surface area contributed by atoms with Crippen molar-refractivity contribution in [2.45, 2.75) is 19.3 Å². The van der Waals surface area contributed by atoms with Crippen LogP contribution in [-0.4, -0.2) is 6.18 Å². The van der Waals surface area contributed by atoms with Crippen LogP contribution in [0.5, 0.6) is 0 Å². The maximum Gasteiger partial charge on any atom is 0.416 e. The lowest BCUT2D eigenvalue weighted by atomic mass is 9.99. The van der Waals surface area contributed by atoms with Crippen LogP contribution < -0.4 is 10.9 Å². The first-order valence-corrected chi connectivity index (χ1v) is 13.7. The van der Waals surface area contributed by atoms with Gasteiger partial charge >= 0.3 is 12.4 Å². The smallest absolute Gasteiger partial charge is 0.289 e. The fourth-order valence-electron chi connectivity index (χ4n) is 6.14. The predicted octanol–water partition coefficient (Wildman–Crippen LogP) is 9.66. The van der Waals surface area contributed by atoms with Crippen molar-refractivity contribution in [2.75, 3.05) is 0 Å². The predicted molar refractivity (Wildman–Crippen MR) is 162 cm³/mol. The highest BCUT2D eigenvalue weighted by molar-refractivity contribution is 6.21. The molecule has 0 saturated carbocycles. The molecule has 0 unspecified atom stereocenters. The first-order chi connectivity index (χ1) is 20.8. The zero-order valence-corrected chi connectivity index (χ0v) is 22.9. The summed E-state index contributed by atoms with van der Waals surface area (Å²) < 4.78 is 79.0. The number of fused-ring (bicyclic) bond motifs is 6. The summed E-state index contributed by atoms with van der Waals surface area (Å²) in [6.07, 6.45) is -3.61. The van der Waals surface area contributed by atoms with E-state index in [1.54, 1.807) is 61.5 Å². The van der Waals surface area contributed by atoms with Crippen molar-refractivity contribution in [3.05, 3.63) is 134 Å². The Labute approximate surface area is 245 Å². The molecule has 0 saturated heterocycles. The van der Waals surface area contributed by atoms with E-state index in [1.165, 1.54) is 18.2 Å². The Kier molecular flexibility index (Phi) is 6.01. The average molecular weight is 599 g/mol. The molecule has 0 spiro atoms. The average Bonchev–Trinajstić information content (AvgIpc) is 3.30. The fraction of sp³-hybridized carbons (Fsp3) is 0.111. The molecule has 0 aliphatic heterocycles. The molecule has 0 amide bonds. The van der Waals surface area contributed by atoms with Gasteiger partial charge in [0.2, 0.25) is 0 Å². The van der Waals surface area contributed by atoms with E-state index in [2.05, 4.69) is 0 Å². The van der Waals surface area contributed by atoms with Crippen LogP contribution in [-0.2, 0) is 6.18 Å². The maximum atomic E-state index is 13.6. The van der Waals surface area contributed by atoms with Gasteiger partial charge in [0.1, 0.15) is 0 Å². The summed E-state index contributed by atoms with van der Waals surface area (Å²) >= 11 is 0. The molecule has 1 atom stereocenters. The van der Waals surface area contributed by atoms with Crippen molar-refractivity contribution < 1.29 is 26.3 Å². The van der Waals surface area contributed by atoms with Crippen LogP contribution >= 0.6 is 0 Å². The molecule has 1 aliphatic rings. The van der Waals surface area contributed by atoms with Gasteiger partial charge in [-0.15, -0.1) is 0 Å². The molecule has 0 radical (unpaired) electrons. The van der Waals surface area contributed by atoms with Gasteiger partial charge in [-0.05, 0) is 92.2 Å². The fourth-order valence-corrected chi connectivity index (χ4v) is 6.14. The topological polar surface area (TPSA) is 34.1 Å². The van der Waals surface area contributed by atoms with E-state index in [9.17, 15) is 35.9 Å². The van der Waals surface area contributed by atoms with Crippen LogP contribution in [0, 0.1) is 5.92 Å². The highest BCUT2D eigenvalue weighted by Gasteiger charge is 2.33. The Hall–Kier alpha value is -4.98. The van der Waals surface area contributed by atoms with Crippen LogP contribution in [0.2, 0.25) is 0 Å². The Bertz CT molecular complexity index is 2340. The third-order valence-corrected chi connectivity index (χ3v) is 8.29. The minimum Gasteiger partial charge on any atom is -0.289 e. The third-order valence-electron chi connectivity index (χ3n) is 8.29. The highest BCUT2D eigenvalue weighted by atomic mass is 19.4. The molecular formula is C36H20F6O2. The number of rotatable bonds is 2. The number of halogens is 6. The molecule has 6 aromatic rings. The van der Waals surface area contributed by atoms with Gasteiger partial charge in [0, 0.05) is 21.5 Å². The molecule has 0 heterocycles. The van der Waals surface area contributed by atoms with E-state index in [0.29, 0.717) is 65.4 Å². The number of benzene rings is 4. The molecule has 2 nitrogen and oxygen atoms in total. The van der Waals surface area contributed by atoms with Crippen molar-refractivity contribution in [1.29, 1.82) is 0 Å². The number of hydrogen-bond donors (Lipinski definition) is 0. The molecule has 0 bridgehead atoms. The Morgan fingerprint density at radius 1 is 0.500 bits per heavy atom. The standard InChI is InChI=1S/C36H20F6O2/c1-18-12-20(4-9-24(13-18)36(40,41)42)22-6-11-26-28-17-31-27(16-32(28)34(44)30(26)15-22)25-10-5-21(14-29(25)33(31)43)19-2-7-23(8-3-19)35(37,38)39/h2-18H,1H3/t18-/m1/s1. The first-order valence-electron chi connectivity index (χ1n) is 13.7. The summed E-state index contributed by atoms with van der Waals surface area (Å²) in [5, 5.41) is 4.09. The molecule has 0 fully saturated rings. The van der Waals surface area contributed by atoms with E-state index in [4.69, 9.17) is 0 Å². The third kappa shape index (κ3) is 4.44. The summed E-state index contributed by atoms with van der Waals surface area (Å²) in [5.74, 6) is -0.480. The summed E-state index contributed by atoms with van der Waals surface area (Å²) in [6, 6.07) is 18.4. The van der Waals surface area contributed by atoms with E-state index in [-0.39, 0.29) is 10.9 Å². The molecule has 6 aromatic carbocycles. The zero-order valence-electron chi connectivity index (χ0n) is 22.9. The first kappa shape index (κ1) is 27.8. The molecule has 7 rings (SSSR count). The van der Waals surface area contributed by atoms with Crippen LogP contribution in [0.1, 0.15) is 18.1 Å². The Morgan fingerprint density at radius 3 is 1.55 bits per heavy atom. The lowest BCUT2D eigenvalue weighted by Gasteiger charge is -2.08. The second kappa shape index (κ2) is 9.51. The molecular weight excluding hydrogens is 578 g/mol. The van der Waals surface area contributed by atoms with Crippen LogP contribution in [0.15, 0.2) is 112 Å². The molecule has 0 N–H and O–H groups in total. The van der Waals surface area contributed by atoms with Gasteiger partial charge in [-0.2, -0.15) is 26.3 Å². The van der Waals surface area contributed by atoms with Gasteiger partial charge < -0.3 is 0 Å². The van der Waals surface area contributed by atoms with Crippen molar-refractivity contribution in [1.82, 2.24) is 0 Å². The molecule has 1 aliphatic carbocycles. The van der Waals surface area contributed by atoms with E-state index in [1.807, 2.05) is 0 Å². The van der Waals surface area contributed by atoms with E-state index in [0.717, 1.165) is 24.3 Å². The number of alkyl halides is 6. The number of hydrogen-bond acceptors (Lipinski definition) is 2. The van der Waals surface area contributed by atoms with Gasteiger partial charge in [-0.25, -0.2) is 0 Å². The van der Waals surface area contributed by atoms with Crippen LogP contribution in [0.4, 0.5) is 26.3 Å². The SMILES string of the molecule is C[C@@H]1C=C(c2ccc3c(c2)c(=O)c2cc4c(cc23)c(=O)c2cc(-c3ccc(C(F)(F)F)cc3)ccc24)C=CC(C(F)(F)F)=C1. The summed E-state index contributed by atoms with van der Waals surface area (Å²) in [4.78, 5) is 27.1. The van der Waals surface area contributed by atoms with Gasteiger partial charge in [0.15, 0.2) is 10.9 Å². The van der Waals surface area contributed by atoms with Gasteiger partial charge in [0.05, 0.1) is 11.1 Å². The second-order valence-electron chi connectivity index (χ2n) is 11.1. The summed E-state index contributed by atoms with van der Waals surface area (Å²) in [6.45, 7) is 1.66. The van der Waals surface area contributed by atoms with Crippen LogP contribution in [0.25, 0.3) is 59.8 Å². The maximum absolute atomic E-state index is 13.6.